The van der Waals surface area contributed by atoms with Gasteiger partial charge in [-0.15, -0.1) is 0 Å². The van der Waals surface area contributed by atoms with Crippen molar-refractivity contribution in [3.8, 4) is 11.5 Å². The maximum Gasteiger partial charge on any atom is 0.338 e. The van der Waals surface area contributed by atoms with Crippen molar-refractivity contribution in [2.75, 3.05) is 11.9 Å². The van der Waals surface area contributed by atoms with Gasteiger partial charge in [-0.05, 0) is 61.5 Å². The van der Waals surface area contributed by atoms with Crippen LogP contribution >= 0.6 is 0 Å². The highest BCUT2D eigenvalue weighted by molar-refractivity contribution is 5.97. The van der Waals surface area contributed by atoms with Gasteiger partial charge in [0.15, 0.2) is 12.4 Å². The van der Waals surface area contributed by atoms with Crippen LogP contribution in [0.3, 0.4) is 0 Å². The van der Waals surface area contributed by atoms with Crippen molar-refractivity contribution in [2.45, 2.75) is 6.92 Å². The summed E-state index contributed by atoms with van der Waals surface area (Å²) in [4.78, 5) is 35.5. The Morgan fingerprint density at radius 3 is 2.17 bits per heavy atom. The molecule has 0 aliphatic rings. The highest BCUT2D eigenvalue weighted by Crippen LogP contribution is 2.22. The van der Waals surface area contributed by atoms with Crippen LogP contribution in [0.1, 0.15) is 27.6 Å². The number of Topliss-reactive ketones (excluding diaryl/α,β-unsaturated/α-hetero) is 1. The van der Waals surface area contributed by atoms with Gasteiger partial charge in [-0.2, -0.15) is 0 Å². The van der Waals surface area contributed by atoms with Gasteiger partial charge in [0.1, 0.15) is 11.5 Å². The topological polar surface area (TPSA) is 81.7 Å². The van der Waals surface area contributed by atoms with Gasteiger partial charge >= 0.3 is 5.97 Å². The molecule has 0 fully saturated rings. The van der Waals surface area contributed by atoms with Gasteiger partial charge in [-0.1, -0.05) is 24.3 Å². The molecule has 29 heavy (non-hydrogen) atoms. The van der Waals surface area contributed by atoms with E-state index in [9.17, 15) is 14.4 Å². The maximum atomic E-state index is 12.2. The molecule has 0 spiro atoms. The lowest BCUT2D eigenvalue weighted by Gasteiger charge is -2.09. The molecular formula is C23H19NO5. The third-order valence-electron chi connectivity index (χ3n) is 3.96. The maximum absolute atomic E-state index is 12.2. The minimum absolute atomic E-state index is 0.0599. The highest BCUT2D eigenvalue weighted by atomic mass is 16.5. The van der Waals surface area contributed by atoms with Gasteiger partial charge in [-0.3, -0.25) is 9.59 Å². The van der Waals surface area contributed by atoms with Gasteiger partial charge in [0.05, 0.1) is 5.56 Å². The molecule has 3 aromatic rings. The molecule has 1 N–H and O–H groups in total. The Morgan fingerprint density at radius 2 is 1.48 bits per heavy atom. The van der Waals surface area contributed by atoms with E-state index < -0.39 is 18.5 Å². The number of para-hydroxylation sites is 1. The number of nitrogens with one attached hydrogen (secondary N) is 1. The van der Waals surface area contributed by atoms with Crippen LogP contribution in [-0.2, 0) is 9.53 Å². The summed E-state index contributed by atoms with van der Waals surface area (Å²) in [6.07, 6.45) is 0. The Bertz CT molecular complexity index is 1010. The Labute approximate surface area is 168 Å². The summed E-state index contributed by atoms with van der Waals surface area (Å²) in [6.45, 7) is 1.03. The van der Waals surface area contributed by atoms with Gasteiger partial charge in [0.2, 0.25) is 0 Å². The smallest absolute Gasteiger partial charge is 0.338 e. The van der Waals surface area contributed by atoms with E-state index in [1.165, 1.54) is 6.92 Å². The predicted molar refractivity (Wildman–Crippen MR) is 108 cm³/mol. The fourth-order valence-electron chi connectivity index (χ4n) is 2.51. The SMILES string of the molecule is CC(=O)c1ccc(NC(=O)COC(=O)c2cccc(Oc3ccccc3)c2)cc1. The molecule has 1 amide bonds. The fraction of sp³-hybridized carbons (Fsp3) is 0.0870. The van der Waals surface area contributed by atoms with Crippen LogP contribution in [0, 0.1) is 0 Å². The molecule has 6 heteroatoms. The normalized spacial score (nSPS) is 10.1. The van der Waals surface area contributed by atoms with E-state index in [1.807, 2.05) is 18.2 Å². The number of esters is 1. The number of benzene rings is 3. The number of hydrogen-bond acceptors (Lipinski definition) is 5. The van der Waals surface area contributed by atoms with Crippen molar-refractivity contribution < 1.29 is 23.9 Å². The van der Waals surface area contributed by atoms with Gasteiger partial charge < -0.3 is 14.8 Å². The lowest BCUT2D eigenvalue weighted by atomic mass is 10.1. The number of ketones is 1. The number of amides is 1. The number of hydrogen-bond donors (Lipinski definition) is 1. The number of anilines is 1. The number of rotatable bonds is 7. The Kier molecular flexibility index (Phi) is 6.37. The first-order valence-electron chi connectivity index (χ1n) is 8.92. The second-order valence-corrected chi connectivity index (χ2v) is 6.20. The Morgan fingerprint density at radius 1 is 0.793 bits per heavy atom. The van der Waals surface area contributed by atoms with Crippen LogP contribution in [0.25, 0.3) is 0 Å². The van der Waals surface area contributed by atoms with Gasteiger partial charge in [-0.25, -0.2) is 4.79 Å². The second-order valence-electron chi connectivity index (χ2n) is 6.20. The third-order valence-corrected chi connectivity index (χ3v) is 3.96. The first-order chi connectivity index (χ1) is 14.0. The first kappa shape index (κ1) is 19.8. The van der Waals surface area contributed by atoms with Crippen molar-refractivity contribution in [2.24, 2.45) is 0 Å². The lowest BCUT2D eigenvalue weighted by molar-refractivity contribution is -0.119. The lowest BCUT2D eigenvalue weighted by Crippen LogP contribution is -2.21. The van der Waals surface area contributed by atoms with E-state index in [0.29, 0.717) is 22.7 Å². The Balaban J connectivity index is 1.54. The minimum Gasteiger partial charge on any atom is -0.457 e. The fourth-order valence-corrected chi connectivity index (χ4v) is 2.51. The molecular weight excluding hydrogens is 370 g/mol. The second kappa shape index (κ2) is 9.32. The number of carbonyl (C=O) groups excluding carboxylic acids is 3. The van der Waals surface area contributed by atoms with Crippen molar-refractivity contribution >= 4 is 23.3 Å². The van der Waals surface area contributed by atoms with E-state index in [4.69, 9.17) is 9.47 Å². The summed E-state index contributed by atoms with van der Waals surface area (Å²) >= 11 is 0. The third kappa shape index (κ3) is 5.77. The number of carbonyl (C=O) groups is 3. The van der Waals surface area contributed by atoms with Crippen LogP contribution in [0.15, 0.2) is 78.9 Å². The van der Waals surface area contributed by atoms with E-state index in [-0.39, 0.29) is 11.3 Å². The van der Waals surface area contributed by atoms with E-state index >= 15 is 0 Å². The molecule has 3 rings (SSSR count). The predicted octanol–water partition coefficient (Wildman–Crippen LogP) is 4.48. The molecule has 0 aliphatic heterocycles. The zero-order valence-electron chi connectivity index (χ0n) is 15.8. The molecule has 0 atom stereocenters. The quantitative estimate of drug-likeness (QED) is 0.476. The van der Waals surface area contributed by atoms with Crippen LogP contribution in [0.4, 0.5) is 5.69 Å². The van der Waals surface area contributed by atoms with Crippen molar-refractivity contribution in [1.82, 2.24) is 0 Å². The Hall–Kier alpha value is -3.93. The molecule has 0 bridgehead atoms. The van der Waals surface area contributed by atoms with Crippen molar-refractivity contribution in [3.05, 3.63) is 90.0 Å². The van der Waals surface area contributed by atoms with Gasteiger partial charge in [0, 0.05) is 11.3 Å². The van der Waals surface area contributed by atoms with Crippen molar-refractivity contribution in [1.29, 1.82) is 0 Å². The van der Waals surface area contributed by atoms with Crippen LogP contribution in [0.5, 0.6) is 11.5 Å². The largest absolute Gasteiger partial charge is 0.457 e. The minimum atomic E-state index is -0.634. The molecule has 146 valence electrons. The van der Waals surface area contributed by atoms with E-state index in [2.05, 4.69) is 5.32 Å². The molecule has 0 saturated carbocycles. The summed E-state index contributed by atoms with van der Waals surface area (Å²) in [7, 11) is 0. The molecule has 0 aromatic heterocycles. The average molecular weight is 389 g/mol. The standard InChI is InChI=1S/C23H19NO5/c1-16(25)17-10-12-19(13-11-17)24-22(26)15-28-23(27)18-6-5-9-21(14-18)29-20-7-3-2-4-8-20/h2-14H,15H2,1H3,(H,24,26). The molecule has 6 nitrogen and oxygen atoms in total. The monoisotopic (exact) mass is 389 g/mol. The average Bonchev–Trinajstić information content (AvgIpc) is 2.73. The summed E-state index contributed by atoms with van der Waals surface area (Å²) in [5.41, 5.74) is 1.33. The van der Waals surface area contributed by atoms with E-state index in [1.54, 1.807) is 60.7 Å². The van der Waals surface area contributed by atoms with E-state index in [0.717, 1.165) is 0 Å². The summed E-state index contributed by atoms with van der Waals surface area (Å²) in [6, 6.07) is 22.2. The summed E-state index contributed by atoms with van der Waals surface area (Å²) in [5.74, 6) is -0.0414. The first-order valence-corrected chi connectivity index (χ1v) is 8.92. The number of ether oxygens (including phenoxy) is 2. The molecule has 0 saturated heterocycles. The molecule has 0 radical (unpaired) electrons. The molecule has 3 aromatic carbocycles. The van der Waals surface area contributed by atoms with Crippen LogP contribution < -0.4 is 10.1 Å². The molecule has 0 unspecified atom stereocenters. The summed E-state index contributed by atoms with van der Waals surface area (Å²) in [5, 5.41) is 2.61. The van der Waals surface area contributed by atoms with Crippen LogP contribution in [0.2, 0.25) is 0 Å². The van der Waals surface area contributed by atoms with Crippen LogP contribution in [-0.4, -0.2) is 24.3 Å². The van der Waals surface area contributed by atoms with Crippen molar-refractivity contribution in [3.63, 3.8) is 0 Å². The zero-order valence-corrected chi connectivity index (χ0v) is 15.8. The summed E-state index contributed by atoms with van der Waals surface area (Å²) < 4.78 is 10.8. The highest BCUT2D eigenvalue weighted by Gasteiger charge is 2.12. The molecule has 0 heterocycles. The molecule has 0 aliphatic carbocycles. The zero-order chi connectivity index (χ0) is 20.6. The van der Waals surface area contributed by atoms with Gasteiger partial charge in [0.25, 0.3) is 5.91 Å².